The smallest absolute Gasteiger partial charge is 0.329 e. The van der Waals surface area contributed by atoms with Crippen LogP contribution in [0.4, 0.5) is 4.79 Å². The van der Waals surface area contributed by atoms with Gasteiger partial charge in [0.05, 0.1) is 0 Å². The molecule has 0 aliphatic heterocycles. The monoisotopic (exact) mass is 487 g/mol. The predicted octanol–water partition coefficient (Wildman–Crippen LogP) is 2.96. The van der Waals surface area contributed by atoms with Gasteiger partial charge in [0, 0.05) is 6.42 Å². The molecule has 0 unspecified atom stereocenters. The largest absolute Gasteiger partial charge is 0.460 e. The zero-order chi connectivity index (χ0) is 26.7. The molecule has 0 aliphatic rings. The minimum atomic E-state index is -1.12. The van der Waals surface area contributed by atoms with Gasteiger partial charge < -0.3 is 30.6 Å². The van der Waals surface area contributed by atoms with Gasteiger partial charge in [0.25, 0.3) is 0 Å². The Labute approximate surface area is 204 Å². The number of nitrogens with two attached hydrogens (primary N) is 1. The van der Waals surface area contributed by atoms with E-state index in [1.54, 1.807) is 62.3 Å². The molecule has 0 aromatic heterocycles. The van der Waals surface area contributed by atoms with Gasteiger partial charge in [0.1, 0.15) is 28.9 Å². The van der Waals surface area contributed by atoms with Crippen LogP contribution in [0.15, 0.2) is 0 Å². The lowest BCUT2D eigenvalue weighted by Gasteiger charge is -2.27. The van der Waals surface area contributed by atoms with Crippen LogP contribution in [0.3, 0.4) is 0 Å². The maximum atomic E-state index is 12.7. The second-order valence-corrected chi connectivity index (χ2v) is 11.2. The number of nitrogens with one attached hydrogen (secondary N) is 2. The van der Waals surface area contributed by atoms with Crippen LogP contribution in [0.2, 0.25) is 0 Å². The molecule has 0 heterocycles. The minimum absolute atomic E-state index is 0.0263. The zero-order valence-corrected chi connectivity index (χ0v) is 22.3. The highest BCUT2D eigenvalue weighted by atomic mass is 16.6. The van der Waals surface area contributed by atoms with E-state index in [0.717, 1.165) is 0 Å². The molecule has 34 heavy (non-hydrogen) atoms. The third kappa shape index (κ3) is 16.3. The Morgan fingerprint density at radius 3 is 1.47 bits per heavy atom. The summed E-state index contributed by atoms with van der Waals surface area (Å²) in [5.74, 6) is -1.78. The highest BCUT2D eigenvalue weighted by molar-refractivity contribution is 5.87. The molecule has 0 radical (unpaired) electrons. The van der Waals surface area contributed by atoms with Gasteiger partial charge in [-0.1, -0.05) is 0 Å². The van der Waals surface area contributed by atoms with E-state index in [4.69, 9.17) is 19.9 Å². The van der Waals surface area contributed by atoms with Crippen molar-refractivity contribution in [1.82, 2.24) is 10.6 Å². The molecule has 0 spiro atoms. The predicted molar refractivity (Wildman–Crippen MR) is 129 cm³/mol. The zero-order valence-electron chi connectivity index (χ0n) is 22.3. The quantitative estimate of drug-likeness (QED) is 0.229. The standard InChI is InChI=1S/C24H45N3O7/c1-22(2,3)32-18(28)14-13-17(20(30)34-24(7,8)9)27-21(31)26-16(12-10-11-15-25)19(29)33-23(4,5)6/h16-17H,10-15,25H2,1-9H3,(H2,26,27,31)/t16-,17+/m0/s1. The van der Waals surface area contributed by atoms with Crippen molar-refractivity contribution in [2.24, 2.45) is 5.73 Å². The Balaban J connectivity index is 5.37. The molecule has 0 fully saturated rings. The van der Waals surface area contributed by atoms with Crippen LogP contribution in [0.25, 0.3) is 0 Å². The fraction of sp³-hybridized carbons (Fsp3) is 0.833. The third-order valence-electron chi connectivity index (χ3n) is 4.00. The van der Waals surface area contributed by atoms with Gasteiger partial charge in [0.2, 0.25) is 0 Å². The summed E-state index contributed by atoms with van der Waals surface area (Å²) in [5.41, 5.74) is 3.34. The number of esters is 3. The Hall–Kier alpha value is -2.36. The molecule has 0 saturated carbocycles. The number of urea groups is 1. The summed E-state index contributed by atoms with van der Waals surface area (Å²) in [6.07, 6.45) is 1.48. The molecule has 0 bridgehead atoms. The fourth-order valence-corrected chi connectivity index (χ4v) is 2.75. The van der Waals surface area contributed by atoms with Crippen LogP contribution >= 0.6 is 0 Å². The van der Waals surface area contributed by atoms with Gasteiger partial charge in [-0.05, 0) is 94.5 Å². The molecule has 0 aromatic carbocycles. The number of carbonyl (C=O) groups is 4. The van der Waals surface area contributed by atoms with Crippen LogP contribution < -0.4 is 16.4 Å². The lowest BCUT2D eigenvalue weighted by molar-refractivity contribution is -0.159. The number of unbranched alkanes of at least 4 members (excludes halogenated alkanes) is 1. The average Bonchev–Trinajstić information content (AvgIpc) is 2.60. The van der Waals surface area contributed by atoms with Crippen LogP contribution in [-0.4, -0.2) is 59.4 Å². The Morgan fingerprint density at radius 1 is 0.676 bits per heavy atom. The van der Waals surface area contributed by atoms with Crippen LogP contribution in [-0.2, 0) is 28.6 Å². The summed E-state index contributed by atoms with van der Waals surface area (Å²) in [7, 11) is 0. The molecule has 2 amide bonds. The Kier molecular flexibility index (Phi) is 12.6. The van der Waals surface area contributed by atoms with E-state index < -0.39 is 52.8 Å². The molecule has 10 nitrogen and oxygen atoms in total. The SMILES string of the molecule is CC(C)(C)OC(=O)CC[C@@H](NC(=O)N[C@@H](CCCCN)C(=O)OC(C)(C)C)C(=O)OC(C)(C)C. The molecule has 10 heteroatoms. The van der Waals surface area contributed by atoms with Gasteiger partial charge in [0.15, 0.2) is 0 Å². The summed E-state index contributed by atoms with van der Waals surface area (Å²) in [4.78, 5) is 50.1. The number of amides is 2. The summed E-state index contributed by atoms with van der Waals surface area (Å²) >= 11 is 0. The van der Waals surface area contributed by atoms with Crippen molar-refractivity contribution < 1.29 is 33.4 Å². The molecular weight excluding hydrogens is 442 g/mol. The van der Waals surface area contributed by atoms with Crippen molar-refractivity contribution in [2.75, 3.05) is 6.54 Å². The lowest BCUT2D eigenvalue weighted by atomic mass is 10.1. The van der Waals surface area contributed by atoms with Gasteiger partial charge in [-0.3, -0.25) is 4.79 Å². The van der Waals surface area contributed by atoms with Crippen molar-refractivity contribution in [1.29, 1.82) is 0 Å². The molecule has 0 rings (SSSR count). The fourth-order valence-electron chi connectivity index (χ4n) is 2.75. The number of hydrogen-bond acceptors (Lipinski definition) is 8. The number of carbonyl (C=O) groups excluding carboxylic acids is 4. The normalized spacial score (nSPS) is 13.9. The summed E-state index contributed by atoms with van der Waals surface area (Å²) in [6, 6.07) is -2.78. The second kappa shape index (κ2) is 13.5. The van der Waals surface area contributed by atoms with Crippen molar-refractivity contribution in [2.45, 2.75) is 123 Å². The minimum Gasteiger partial charge on any atom is -0.460 e. The van der Waals surface area contributed by atoms with E-state index >= 15 is 0 Å². The van der Waals surface area contributed by atoms with E-state index in [-0.39, 0.29) is 12.8 Å². The van der Waals surface area contributed by atoms with Gasteiger partial charge >= 0.3 is 23.9 Å². The molecule has 0 aromatic rings. The highest BCUT2D eigenvalue weighted by Crippen LogP contribution is 2.14. The van der Waals surface area contributed by atoms with E-state index in [1.807, 2.05) is 0 Å². The van der Waals surface area contributed by atoms with E-state index in [2.05, 4.69) is 10.6 Å². The first-order valence-electron chi connectivity index (χ1n) is 11.8. The van der Waals surface area contributed by atoms with Gasteiger partial charge in [-0.25, -0.2) is 14.4 Å². The molecule has 0 saturated heterocycles. The first-order valence-corrected chi connectivity index (χ1v) is 11.8. The first kappa shape index (κ1) is 31.6. The summed E-state index contributed by atoms with van der Waals surface area (Å²) < 4.78 is 16.1. The van der Waals surface area contributed by atoms with Crippen molar-refractivity contribution in [3.63, 3.8) is 0 Å². The maximum absolute atomic E-state index is 12.7. The van der Waals surface area contributed by atoms with Gasteiger partial charge in [-0.15, -0.1) is 0 Å². The molecule has 198 valence electrons. The second-order valence-electron chi connectivity index (χ2n) is 11.2. The Bertz CT molecular complexity index is 688. The number of rotatable bonds is 11. The molecule has 4 N–H and O–H groups in total. The van der Waals surface area contributed by atoms with Crippen molar-refractivity contribution in [3.8, 4) is 0 Å². The number of hydrogen-bond donors (Lipinski definition) is 3. The van der Waals surface area contributed by atoms with E-state index in [1.165, 1.54) is 0 Å². The summed E-state index contributed by atoms with van der Waals surface area (Å²) in [5, 5.41) is 5.11. The third-order valence-corrected chi connectivity index (χ3v) is 4.00. The van der Waals surface area contributed by atoms with Crippen LogP contribution in [0.1, 0.15) is 94.4 Å². The lowest BCUT2D eigenvalue weighted by Crippen LogP contribution is -2.53. The van der Waals surface area contributed by atoms with Crippen molar-refractivity contribution >= 4 is 23.9 Å². The molecular formula is C24H45N3O7. The number of ether oxygens (including phenoxy) is 3. The van der Waals surface area contributed by atoms with E-state index in [0.29, 0.717) is 25.8 Å². The van der Waals surface area contributed by atoms with Crippen LogP contribution in [0, 0.1) is 0 Å². The maximum Gasteiger partial charge on any atom is 0.329 e. The Morgan fingerprint density at radius 2 is 1.09 bits per heavy atom. The van der Waals surface area contributed by atoms with Crippen molar-refractivity contribution in [3.05, 3.63) is 0 Å². The highest BCUT2D eigenvalue weighted by Gasteiger charge is 2.31. The molecule has 2 atom stereocenters. The van der Waals surface area contributed by atoms with E-state index in [9.17, 15) is 19.2 Å². The first-order chi connectivity index (χ1) is 15.3. The van der Waals surface area contributed by atoms with Crippen LogP contribution in [0.5, 0.6) is 0 Å². The van der Waals surface area contributed by atoms with Gasteiger partial charge in [-0.2, -0.15) is 0 Å². The average molecular weight is 488 g/mol. The topological polar surface area (TPSA) is 146 Å². The summed E-state index contributed by atoms with van der Waals surface area (Å²) in [6.45, 7) is 16.0. The molecule has 0 aliphatic carbocycles.